The van der Waals surface area contributed by atoms with Crippen LogP contribution in [0.25, 0.3) is 0 Å². The molecule has 0 heterocycles. The van der Waals surface area contributed by atoms with Crippen LogP contribution in [-0.2, 0) is 0 Å². The Balaban J connectivity index is 3.84. The van der Waals surface area contributed by atoms with Gasteiger partial charge in [-0.15, -0.1) is 0 Å². The SMILES string of the molecule is CCN(C#N)C(=N)SC. The van der Waals surface area contributed by atoms with Crippen LogP contribution < -0.4 is 0 Å². The Kier molecular flexibility index (Phi) is 3.89. The molecule has 0 unspecified atom stereocenters. The summed E-state index contributed by atoms with van der Waals surface area (Å²) >= 11 is 1.27. The van der Waals surface area contributed by atoms with Crippen molar-refractivity contribution in [1.82, 2.24) is 4.90 Å². The van der Waals surface area contributed by atoms with Gasteiger partial charge in [-0.2, -0.15) is 5.26 Å². The first-order chi connectivity index (χ1) is 4.26. The average molecular weight is 143 g/mol. The maximum Gasteiger partial charge on any atom is 0.185 e. The van der Waals surface area contributed by atoms with Crippen molar-refractivity contribution in [2.45, 2.75) is 6.92 Å². The molecule has 0 aliphatic carbocycles. The van der Waals surface area contributed by atoms with E-state index >= 15 is 0 Å². The molecule has 0 aliphatic rings. The summed E-state index contributed by atoms with van der Waals surface area (Å²) in [5.41, 5.74) is 0. The van der Waals surface area contributed by atoms with Crippen LogP contribution in [0.2, 0.25) is 0 Å². The van der Waals surface area contributed by atoms with Gasteiger partial charge in [0, 0.05) is 6.54 Å². The zero-order valence-corrected chi connectivity index (χ0v) is 6.33. The summed E-state index contributed by atoms with van der Waals surface area (Å²) in [7, 11) is 0. The second kappa shape index (κ2) is 4.21. The van der Waals surface area contributed by atoms with Gasteiger partial charge in [0.25, 0.3) is 0 Å². The summed E-state index contributed by atoms with van der Waals surface area (Å²) in [6.45, 7) is 2.42. The van der Waals surface area contributed by atoms with Gasteiger partial charge in [0.05, 0.1) is 0 Å². The molecular weight excluding hydrogens is 134 g/mol. The molecule has 50 valence electrons. The number of nitrogens with one attached hydrogen (secondary N) is 1. The average Bonchev–Trinajstić information content (AvgIpc) is 1.90. The van der Waals surface area contributed by atoms with E-state index in [1.54, 1.807) is 6.26 Å². The summed E-state index contributed by atoms with van der Waals surface area (Å²) in [4.78, 5) is 1.32. The maximum atomic E-state index is 8.35. The van der Waals surface area contributed by atoms with Gasteiger partial charge < -0.3 is 0 Å². The molecule has 0 aliphatic heterocycles. The minimum absolute atomic E-state index is 0.306. The number of hydrogen-bond donors (Lipinski definition) is 1. The number of amidine groups is 1. The molecule has 4 heteroatoms. The minimum atomic E-state index is 0.306. The summed E-state index contributed by atoms with van der Waals surface area (Å²) < 4.78 is 0. The Morgan fingerprint density at radius 2 is 2.44 bits per heavy atom. The van der Waals surface area contributed by atoms with Crippen molar-refractivity contribution in [3.05, 3.63) is 0 Å². The van der Waals surface area contributed by atoms with Crippen molar-refractivity contribution in [2.24, 2.45) is 0 Å². The second-order valence-corrected chi connectivity index (χ2v) is 2.15. The molecule has 1 N–H and O–H groups in total. The molecule has 0 aromatic carbocycles. The van der Waals surface area contributed by atoms with Gasteiger partial charge in [-0.1, -0.05) is 11.8 Å². The standard InChI is InChI=1S/C5H9N3S/c1-3-8(4-6)5(7)9-2/h7H,3H2,1-2H3. The lowest BCUT2D eigenvalue weighted by Gasteiger charge is -2.09. The Labute approximate surface area is 59.2 Å². The number of hydrogen-bond acceptors (Lipinski definition) is 3. The van der Waals surface area contributed by atoms with E-state index < -0.39 is 0 Å². The topological polar surface area (TPSA) is 50.9 Å². The number of nitrogens with zero attached hydrogens (tertiary/aromatic N) is 2. The quantitative estimate of drug-likeness (QED) is 0.259. The van der Waals surface area contributed by atoms with Crippen LogP contribution in [0.15, 0.2) is 0 Å². The highest BCUT2D eigenvalue weighted by molar-refractivity contribution is 8.13. The van der Waals surface area contributed by atoms with Crippen LogP contribution in [0.5, 0.6) is 0 Å². The minimum Gasteiger partial charge on any atom is -0.278 e. The molecule has 0 radical (unpaired) electrons. The zero-order chi connectivity index (χ0) is 7.28. The summed E-state index contributed by atoms with van der Waals surface area (Å²) in [5.74, 6) is 0. The van der Waals surface area contributed by atoms with E-state index in [0.29, 0.717) is 11.7 Å². The third kappa shape index (κ3) is 2.38. The van der Waals surface area contributed by atoms with E-state index in [-0.39, 0.29) is 0 Å². The monoisotopic (exact) mass is 143 g/mol. The van der Waals surface area contributed by atoms with Crippen LogP contribution in [0.4, 0.5) is 0 Å². The Morgan fingerprint density at radius 1 is 1.89 bits per heavy atom. The van der Waals surface area contributed by atoms with E-state index in [1.165, 1.54) is 16.7 Å². The third-order valence-corrected chi connectivity index (χ3v) is 1.48. The number of nitriles is 1. The number of rotatable bonds is 1. The predicted octanol–water partition coefficient (Wildman–Crippen LogP) is 1.09. The molecule has 0 saturated carbocycles. The summed E-state index contributed by atoms with van der Waals surface area (Å²) in [6.07, 6.45) is 3.67. The molecule has 0 atom stereocenters. The Bertz CT molecular complexity index is 138. The lowest BCUT2D eigenvalue weighted by Crippen LogP contribution is -2.21. The van der Waals surface area contributed by atoms with E-state index in [1.807, 2.05) is 13.1 Å². The highest BCUT2D eigenvalue weighted by Gasteiger charge is 2.01. The van der Waals surface area contributed by atoms with Crippen molar-refractivity contribution < 1.29 is 0 Å². The Morgan fingerprint density at radius 3 is 2.56 bits per heavy atom. The lowest BCUT2D eigenvalue weighted by atomic mass is 10.7. The van der Waals surface area contributed by atoms with Crippen LogP contribution >= 0.6 is 11.8 Å². The first kappa shape index (κ1) is 8.31. The highest BCUT2D eigenvalue weighted by Crippen LogP contribution is 1.99. The summed E-state index contributed by atoms with van der Waals surface area (Å²) in [5, 5.41) is 15.8. The molecule has 0 amide bonds. The van der Waals surface area contributed by atoms with Gasteiger partial charge in [0.2, 0.25) is 0 Å². The fourth-order valence-electron chi connectivity index (χ4n) is 0.370. The van der Waals surface area contributed by atoms with Crippen LogP contribution in [0.1, 0.15) is 6.92 Å². The van der Waals surface area contributed by atoms with Gasteiger partial charge in [0.1, 0.15) is 0 Å². The van der Waals surface area contributed by atoms with Gasteiger partial charge in [-0.25, -0.2) is 0 Å². The molecule has 0 bridgehead atoms. The van der Waals surface area contributed by atoms with Gasteiger partial charge >= 0.3 is 0 Å². The number of thioether (sulfide) groups is 1. The molecule has 0 aromatic rings. The van der Waals surface area contributed by atoms with Crippen LogP contribution in [-0.4, -0.2) is 22.9 Å². The molecule has 9 heavy (non-hydrogen) atoms. The first-order valence-electron chi connectivity index (χ1n) is 2.56. The zero-order valence-electron chi connectivity index (χ0n) is 5.51. The van der Waals surface area contributed by atoms with E-state index in [9.17, 15) is 0 Å². The third-order valence-electron chi connectivity index (χ3n) is 0.875. The van der Waals surface area contributed by atoms with Crippen molar-refractivity contribution in [3.8, 4) is 6.19 Å². The van der Waals surface area contributed by atoms with Crippen molar-refractivity contribution in [1.29, 1.82) is 10.7 Å². The lowest BCUT2D eigenvalue weighted by molar-refractivity contribution is 0.617. The van der Waals surface area contributed by atoms with E-state index in [4.69, 9.17) is 10.7 Å². The normalized spacial score (nSPS) is 8.11. The van der Waals surface area contributed by atoms with Gasteiger partial charge in [0.15, 0.2) is 11.4 Å². The molecule has 0 rings (SSSR count). The van der Waals surface area contributed by atoms with Crippen molar-refractivity contribution >= 4 is 16.9 Å². The summed E-state index contributed by atoms with van der Waals surface area (Å²) in [6, 6.07) is 0. The van der Waals surface area contributed by atoms with Gasteiger partial charge in [-0.05, 0) is 13.2 Å². The second-order valence-electron chi connectivity index (χ2n) is 1.35. The van der Waals surface area contributed by atoms with E-state index in [2.05, 4.69) is 0 Å². The van der Waals surface area contributed by atoms with Gasteiger partial charge in [-0.3, -0.25) is 10.3 Å². The molecule has 3 nitrogen and oxygen atoms in total. The van der Waals surface area contributed by atoms with Crippen LogP contribution in [0.3, 0.4) is 0 Å². The fourth-order valence-corrected chi connectivity index (χ4v) is 0.760. The largest absolute Gasteiger partial charge is 0.278 e. The maximum absolute atomic E-state index is 8.35. The predicted molar refractivity (Wildman–Crippen MR) is 39.2 cm³/mol. The molecule has 0 aromatic heterocycles. The van der Waals surface area contributed by atoms with Crippen molar-refractivity contribution in [3.63, 3.8) is 0 Å². The first-order valence-corrected chi connectivity index (χ1v) is 3.78. The Hall–Kier alpha value is -0.690. The molecule has 0 fully saturated rings. The van der Waals surface area contributed by atoms with Crippen LogP contribution in [0, 0.1) is 16.9 Å². The van der Waals surface area contributed by atoms with Crippen molar-refractivity contribution in [2.75, 3.05) is 12.8 Å². The molecule has 0 spiro atoms. The smallest absolute Gasteiger partial charge is 0.185 e. The highest BCUT2D eigenvalue weighted by atomic mass is 32.2. The molecule has 0 saturated heterocycles. The van der Waals surface area contributed by atoms with E-state index in [0.717, 1.165) is 0 Å². The fraction of sp³-hybridized carbons (Fsp3) is 0.600. The molecular formula is C5H9N3S.